The summed E-state index contributed by atoms with van der Waals surface area (Å²) < 4.78 is 1.11. The fraction of sp³-hybridized carbons (Fsp3) is 0.538. The molecule has 1 aromatic rings. The van der Waals surface area contributed by atoms with Crippen molar-refractivity contribution in [3.05, 3.63) is 23.3 Å². The third kappa shape index (κ3) is 1.07. The third-order valence-electron chi connectivity index (χ3n) is 4.66. The maximum absolute atomic E-state index is 9.52. The highest BCUT2D eigenvalue weighted by atomic mass is 16.3. The summed E-state index contributed by atoms with van der Waals surface area (Å²) in [6.07, 6.45) is 1.28. The van der Waals surface area contributed by atoms with Crippen molar-refractivity contribution in [3.63, 3.8) is 0 Å². The lowest BCUT2D eigenvalue weighted by Gasteiger charge is -2.54. The van der Waals surface area contributed by atoms with Gasteiger partial charge in [-0.1, -0.05) is 0 Å². The van der Waals surface area contributed by atoms with Crippen molar-refractivity contribution >= 4 is 0 Å². The van der Waals surface area contributed by atoms with Crippen LogP contribution in [0.2, 0.25) is 0 Å². The lowest BCUT2D eigenvalue weighted by atomic mass is 9.91. The highest BCUT2D eigenvalue weighted by Gasteiger charge is 2.53. The first-order chi connectivity index (χ1) is 7.53. The Kier molecular flexibility index (Phi) is 1.82. The molecule has 0 amide bonds. The van der Waals surface area contributed by atoms with E-state index in [4.69, 9.17) is 0 Å². The molecular formula is C13H18NO2+. The fourth-order valence-corrected chi connectivity index (χ4v) is 3.48. The molecule has 1 fully saturated rings. The molecule has 1 aromatic carbocycles. The fourth-order valence-electron chi connectivity index (χ4n) is 3.48. The van der Waals surface area contributed by atoms with Crippen LogP contribution in [0, 0.1) is 0 Å². The standard InChI is InChI=1S/C13H17NO2/c1-8-3-9(2)14(8)6-10-4-12(15)13(16)5-11(10)7-14/h4-5,8-9H,3,6-7H2,1-2H3,(H-,15,16)/p+1. The Morgan fingerprint density at radius 1 is 1.00 bits per heavy atom. The normalized spacial score (nSPS) is 30.1. The molecule has 3 heteroatoms. The molecule has 2 atom stereocenters. The minimum Gasteiger partial charge on any atom is -0.504 e. The number of nitrogens with zero attached hydrogens (tertiary/aromatic N) is 1. The molecule has 2 unspecified atom stereocenters. The number of rotatable bonds is 0. The zero-order valence-corrected chi connectivity index (χ0v) is 9.77. The van der Waals surface area contributed by atoms with Crippen LogP contribution in [-0.2, 0) is 13.1 Å². The monoisotopic (exact) mass is 220 g/mol. The van der Waals surface area contributed by atoms with E-state index in [-0.39, 0.29) is 11.5 Å². The second-order valence-corrected chi connectivity index (χ2v) is 5.46. The maximum Gasteiger partial charge on any atom is 0.157 e. The molecule has 1 spiro atoms. The molecule has 2 aliphatic rings. The van der Waals surface area contributed by atoms with Gasteiger partial charge in [0.2, 0.25) is 0 Å². The summed E-state index contributed by atoms with van der Waals surface area (Å²) in [5.74, 6) is 0.0271. The number of benzene rings is 1. The zero-order chi connectivity index (χ0) is 11.5. The van der Waals surface area contributed by atoms with E-state index in [1.165, 1.54) is 17.5 Å². The Balaban J connectivity index is 2.00. The van der Waals surface area contributed by atoms with Crippen LogP contribution in [0.5, 0.6) is 11.5 Å². The molecular weight excluding hydrogens is 202 g/mol. The van der Waals surface area contributed by atoms with Gasteiger partial charge in [0, 0.05) is 11.1 Å². The van der Waals surface area contributed by atoms with Crippen LogP contribution >= 0.6 is 0 Å². The second kappa shape index (κ2) is 2.92. The smallest absolute Gasteiger partial charge is 0.157 e. The molecule has 3 nitrogen and oxygen atoms in total. The number of hydrogen-bond donors (Lipinski definition) is 2. The first-order valence-corrected chi connectivity index (χ1v) is 5.93. The van der Waals surface area contributed by atoms with Crippen molar-refractivity contribution in [1.29, 1.82) is 0 Å². The lowest BCUT2D eigenvalue weighted by molar-refractivity contribution is -1.03. The summed E-state index contributed by atoms with van der Waals surface area (Å²) >= 11 is 0. The van der Waals surface area contributed by atoms with Crippen molar-refractivity contribution in [3.8, 4) is 11.5 Å². The Labute approximate surface area is 95.5 Å². The van der Waals surface area contributed by atoms with Gasteiger partial charge < -0.3 is 14.7 Å². The second-order valence-electron chi connectivity index (χ2n) is 5.46. The predicted molar refractivity (Wildman–Crippen MR) is 61.0 cm³/mol. The Morgan fingerprint density at radius 3 is 1.81 bits per heavy atom. The Bertz CT molecular complexity index is 414. The van der Waals surface area contributed by atoms with Gasteiger partial charge in [-0.25, -0.2) is 0 Å². The van der Waals surface area contributed by atoms with E-state index in [2.05, 4.69) is 13.8 Å². The van der Waals surface area contributed by atoms with Crippen molar-refractivity contribution < 1.29 is 14.7 Å². The molecule has 86 valence electrons. The van der Waals surface area contributed by atoms with Gasteiger partial charge in [0.05, 0.1) is 18.5 Å². The minimum atomic E-state index is 0.0135. The lowest BCUT2D eigenvalue weighted by Crippen LogP contribution is -2.65. The molecule has 0 aromatic heterocycles. The van der Waals surface area contributed by atoms with Crippen molar-refractivity contribution in [2.75, 3.05) is 0 Å². The van der Waals surface area contributed by atoms with E-state index in [0.29, 0.717) is 12.1 Å². The summed E-state index contributed by atoms with van der Waals surface area (Å²) in [6.45, 7) is 6.61. The van der Waals surface area contributed by atoms with Crippen molar-refractivity contribution in [1.82, 2.24) is 0 Å². The third-order valence-corrected chi connectivity index (χ3v) is 4.66. The number of phenols is 2. The van der Waals surface area contributed by atoms with Gasteiger partial charge in [-0.2, -0.15) is 0 Å². The summed E-state index contributed by atoms with van der Waals surface area (Å²) in [5.41, 5.74) is 2.41. The van der Waals surface area contributed by atoms with Gasteiger partial charge in [-0.05, 0) is 26.0 Å². The molecule has 0 aliphatic carbocycles. The van der Waals surface area contributed by atoms with Crippen molar-refractivity contribution in [2.24, 2.45) is 0 Å². The molecule has 16 heavy (non-hydrogen) atoms. The summed E-state index contributed by atoms with van der Waals surface area (Å²) in [7, 11) is 0. The number of fused-ring (bicyclic) bond motifs is 1. The molecule has 2 heterocycles. The van der Waals surface area contributed by atoms with E-state index >= 15 is 0 Å². The topological polar surface area (TPSA) is 40.5 Å². The zero-order valence-electron chi connectivity index (χ0n) is 9.77. The first kappa shape index (κ1) is 9.97. The van der Waals surface area contributed by atoms with Gasteiger partial charge in [-0.15, -0.1) is 0 Å². The Morgan fingerprint density at radius 2 is 1.44 bits per heavy atom. The van der Waals surface area contributed by atoms with E-state index in [1.807, 2.05) is 0 Å². The number of aromatic hydroxyl groups is 2. The number of quaternary nitrogens is 1. The SMILES string of the molecule is CC1CC(C)[N+]12Cc1cc(O)c(O)cc1C2. The van der Waals surface area contributed by atoms with Crippen LogP contribution < -0.4 is 0 Å². The average Bonchev–Trinajstić information content (AvgIpc) is 2.61. The molecule has 3 rings (SSSR count). The minimum absolute atomic E-state index is 0.0135. The molecule has 2 N–H and O–H groups in total. The van der Waals surface area contributed by atoms with E-state index in [1.54, 1.807) is 12.1 Å². The van der Waals surface area contributed by atoms with Crippen LogP contribution in [0.25, 0.3) is 0 Å². The van der Waals surface area contributed by atoms with Crippen LogP contribution in [-0.4, -0.2) is 26.8 Å². The van der Waals surface area contributed by atoms with Gasteiger partial charge in [0.15, 0.2) is 11.5 Å². The van der Waals surface area contributed by atoms with Crippen LogP contribution in [0.4, 0.5) is 0 Å². The van der Waals surface area contributed by atoms with Gasteiger partial charge in [0.25, 0.3) is 0 Å². The molecule has 2 aliphatic heterocycles. The van der Waals surface area contributed by atoms with Crippen LogP contribution in [0.3, 0.4) is 0 Å². The summed E-state index contributed by atoms with van der Waals surface area (Å²) in [5, 5.41) is 19.0. The highest BCUT2D eigenvalue weighted by Crippen LogP contribution is 2.46. The number of phenolic OH excluding ortho intramolecular Hbond substituents is 2. The van der Waals surface area contributed by atoms with Crippen LogP contribution in [0.1, 0.15) is 31.4 Å². The van der Waals surface area contributed by atoms with E-state index in [9.17, 15) is 10.2 Å². The van der Waals surface area contributed by atoms with Gasteiger partial charge in [0.1, 0.15) is 13.1 Å². The number of hydrogen-bond acceptors (Lipinski definition) is 2. The summed E-state index contributed by atoms with van der Waals surface area (Å²) in [6, 6.07) is 4.86. The largest absolute Gasteiger partial charge is 0.504 e. The van der Waals surface area contributed by atoms with E-state index in [0.717, 1.165) is 17.6 Å². The predicted octanol–water partition coefficient (Wildman–Crippen LogP) is 2.11. The molecule has 0 bridgehead atoms. The maximum atomic E-state index is 9.52. The molecule has 0 radical (unpaired) electrons. The van der Waals surface area contributed by atoms with Crippen molar-refractivity contribution in [2.45, 2.75) is 45.4 Å². The Hall–Kier alpha value is -1.22. The quantitative estimate of drug-likeness (QED) is 0.519. The average molecular weight is 220 g/mol. The van der Waals surface area contributed by atoms with Gasteiger partial charge in [-0.3, -0.25) is 0 Å². The molecule has 0 saturated carbocycles. The van der Waals surface area contributed by atoms with E-state index < -0.39 is 0 Å². The molecule has 1 saturated heterocycles. The van der Waals surface area contributed by atoms with Gasteiger partial charge >= 0.3 is 0 Å². The van der Waals surface area contributed by atoms with Crippen LogP contribution in [0.15, 0.2) is 12.1 Å². The highest BCUT2D eigenvalue weighted by molar-refractivity contribution is 5.46. The first-order valence-electron chi connectivity index (χ1n) is 5.93. The summed E-state index contributed by atoms with van der Waals surface area (Å²) in [4.78, 5) is 0.